The number of amides is 1. The molecule has 0 spiro atoms. The number of fused-ring (bicyclic) bond motifs is 3. The molecule has 1 amide bonds. The van der Waals surface area contributed by atoms with Crippen molar-refractivity contribution in [1.82, 2.24) is 5.32 Å². The summed E-state index contributed by atoms with van der Waals surface area (Å²) in [5.41, 5.74) is 4.24. The second kappa shape index (κ2) is 12.4. The summed E-state index contributed by atoms with van der Waals surface area (Å²) in [4.78, 5) is 36.6. The van der Waals surface area contributed by atoms with Crippen molar-refractivity contribution in [2.24, 2.45) is 5.41 Å². The van der Waals surface area contributed by atoms with Crippen LogP contribution in [-0.2, 0) is 23.8 Å². The van der Waals surface area contributed by atoms with Crippen LogP contribution in [0.2, 0.25) is 0 Å². The molecular weight excluding hydrogens is 486 g/mol. The monoisotopic (exact) mass is 521 g/mol. The van der Waals surface area contributed by atoms with Crippen molar-refractivity contribution in [2.45, 2.75) is 39.0 Å². The van der Waals surface area contributed by atoms with Gasteiger partial charge in [0.15, 0.2) is 11.6 Å². The predicted octanol–water partition coefficient (Wildman–Crippen LogP) is 4.72. The van der Waals surface area contributed by atoms with Gasteiger partial charge < -0.3 is 24.6 Å². The molecule has 1 saturated carbocycles. The third kappa shape index (κ3) is 6.68. The molecule has 8 heteroatoms. The summed E-state index contributed by atoms with van der Waals surface area (Å²) in [5.74, 6) is -0.812. The molecule has 202 valence electrons. The molecule has 2 aliphatic carbocycles. The molecule has 8 nitrogen and oxygen atoms in total. The third-order valence-electron chi connectivity index (χ3n) is 6.84. The van der Waals surface area contributed by atoms with Gasteiger partial charge in [0.05, 0.1) is 32.0 Å². The standard InChI is InChI=1S/C30H35NO7/c1-30(2)17-26(33)28(27(34)18-30)25(32)11-13-36-15-16-37-14-12-31-29(35)38-19-24-22-9-5-3-7-20(22)21-8-4-6-10-23(21)24/h3-10,24,32H,11-19H2,1-2H3,(H,31,35). The van der Waals surface area contributed by atoms with Crippen LogP contribution in [0.25, 0.3) is 11.1 Å². The van der Waals surface area contributed by atoms with E-state index in [1.54, 1.807) is 0 Å². The van der Waals surface area contributed by atoms with Crippen LogP contribution in [-0.4, -0.2) is 62.3 Å². The van der Waals surface area contributed by atoms with E-state index in [4.69, 9.17) is 14.2 Å². The number of hydrogen-bond acceptors (Lipinski definition) is 7. The molecule has 2 aromatic carbocycles. The van der Waals surface area contributed by atoms with Crippen molar-refractivity contribution in [3.8, 4) is 11.1 Å². The topological polar surface area (TPSA) is 111 Å². The van der Waals surface area contributed by atoms with Crippen molar-refractivity contribution < 1.29 is 33.7 Å². The second-order valence-corrected chi connectivity index (χ2v) is 10.4. The second-order valence-electron chi connectivity index (χ2n) is 10.4. The van der Waals surface area contributed by atoms with E-state index in [0.29, 0.717) is 19.8 Å². The lowest BCUT2D eigenvalue weighted by Crippen LogP contribution is -2.32. The maximum atomic E-state index is 12.2. The summed E-state index contributed by atoms with van der Waals surface area (Å²) >= 11 is 0. The Hall–Kier alpha value is -3.49. The fraction of sp³-hybridized carbons (Fsp3) is 0.433. The number of ketones is 2. The van der Waals surface area contributed by atoms with Gasteiger partial charge >= 0.3 is 6.09 Å². The number of alkyl carbamates (subject to hydrolysis) is 1. The number of carbonyl (C=O) groups excluding carboxylic acids is 3. The van der Waals surface area contributed by atoms with E-state index in [1.807, 2.05) is 38.1 Å². The van der Waals surface area contributed by atoms with Gasteiger partial charge in [-0.15, -0.1) is 0 Å². The number of nitrogens with one attached hydrogen (secondary N) is 1. The third-order valence-corrected chi connectivity index (χ3v) is 6.84. The Morgan fingerprint density at radius 3 is 2.05 bits per heavy atom. The molecule has 2 aliphatic rings. The molecule has 4 rings (SSSR count). The minimum atomic E-state index is -0.495. The molecular formula is C30H35NO7. The number of rotatable bonds is 11. The molecule has 0 aliphatic heterocycles. The van der Waals surface area contributed by atoms with Crippen LogP contribution in [0.3, 0.4) is 0 Å². The summed E-state index contributed by atoms with van der Waals surface area (Å²) in [6, 6.07) is 16.4. The number of hydrogen-bond donors (Lipinski definition) is 2. The summed E-state index contributed by atoms with van der Waals surface area (Å²) in [6.07, 6.45) is 0.0927. The fourth-order valence-corrected chi connectivity index (χ4v) is 5.08. The van der Waals surface area contributed by atoms with Crippen LogP contribution in [0.4, 0.5) is 4.79 Å². The van der Waals surface area contributed by atoms with Gasteiger partial charge in [-0.1, -0.05) is 62.4 Å². The molecule has 0 heterocycles. The van der Waals surface area contributed by atoms with Crippen LogP contribution in [0, 0.1) is 5.41 Å². The van der Waals surface area contributed by atoms with Gasteiger partial charge in [-0.25, -0.2) is 4.79 Å². The highest BCUT2D eigenvalue weighted by atomic mass is 16.6. The molecule has 1 fully saturated rings. The maximum absolute atomic E-state index is 12.2. The first-order valence-electron chi connectivity index (χ1n) is 13.0. The molecule has 0 atom stereocenters. The van der Waals surface area contributed by atoms with Crippen LogP contribution in [0.5, 0.6) is 0 Å². The van der Waals surface area contributed by atoms with E-state index in [9.17, 15) is 19.5 Å². The first kappa shape index (κ1) is 27.5. The van der Waals surface area contributed by atoms with E-state index in [-0.39, 0.29) is 73.3 Å². The Kier molecular flexibility index (Phi) is 8.97. The minimum absolute atomic E-state index is 0.0119. The van der Waals surface area contributed by atoms with Crippen LogP contribution >= 0.6 is 0 Å². The van der Waals surface area contributed by atoms with E-state index in [0.717, 1.165) is 11.1 Å². The zero-order valence-electron chi connectivity index (χ0n) is 22.0. The largest absolute Gasteiger partial charge is 0.511 e. The molecule has 2 N–H and O–H groups in total. The highest BCUT2D eigenvalue weighted by Crippen LogP contribution is 2.44. The van der Waals surface area contributed by atoms with Gasteiger partial charge in [0.1, 0.15) is 12.4 Å². The number of aliphatic hydroxyl groups is 1. The van der Waals surface area contributed by atoms with Crippen LogP contribution < -0.4 is 5.32 Å². The number of allylic oxidation sites excluding steroid dienone is 1. The molecule has 0 saturated heterocycles. The molecule has 0 bridgehead atoms. The maximum Gasteiger partial charge on any atom is 0.407 e. The van der Waals surface area contributed by atoms with Gasteiger partial charge in [0.2, 0.25) is 0 Å². The smallest absolute Gasteiger partial charge is 0.407 e. The van der Waals surface area contributed by atoms with Crippen molar-refractivity contribution in [3.63, 3.8) is 0 Å². The highest BCUT2D eigenvalue weighted by molar-refractivity contribution is 6.22. The van der Waals surface area contributed by atoms with Gasteiger partial charge in [-0.05, 0) is 27.7 Å². The summed E-state index contributed by atoms with van der Waals surface area (Å²) in [7, 11) is 0. The number of benzene rings is 2. The number of carbonyl (C=O) groups is 3. The number of Topliss-reactive ketones (excluding diaryl/α,β-unsaturated/α-hetero) is 2. The lowest BCUT2D eigenvalue weighted by atomic mass is 9.73. The summed E-state index contributed by atoms with van der Waals surface area (Å²) < 4.78 is 16.4. The summed E-state index contributed by atoms with van der Waals surface area (Å²) in [5, 5.41) is 12.9. The van der Waals surface area contributed by atoms with Crippen LogP contribution in [0.1, 0.15) is 50.2 Å². The van der Waals surface area contributed by atoms with Crippen molar-refractivity contribution in [1.29, 1.82) is 0 Å². The first-order valence-corrected chi connectivity index (χ1v) is 13.0. The van der Waals surface area contributed by atoms with Crippen molar-refractivity contribution in [3.05, 3.63) is 71.0 Å². The minimum Gasteiger partial charge on any atom is -0.511 e. The van der Waals surface area contributed by atoms with Gasteiger partial charge in [-0.2, -0.15) is 0 Å². The van der Waals surface area contributed by atoms with Crippen molar-refractivity contribution in [2.75, 3.05) is 39.6 Å². The molecule has 2 aromatic rings. The first-order chi connectivity index (χ1) is 18.3. The average molecular weight is 522 g/mol. The Balaban J connectivity index is 1.08. The zero-order valence-corrected chi connectivity index (χ0v) is 22.0. The average Bonchev–Trinajstić information content (AvgIpc) is 3.19. The lowest BCUT2D eigenvalue weighted by Gasteiger charge is -2.28. The number of ether oxygens (including phenoxy) is 3. The highest BCUT2D eigenvalue weighted by Gasteiger charge is 2.37. The van der Waals surface area contributed by atoms with E-state index >= 15 is 0 Å². The Labute approximate surface area is 223 Å². The molecule has 0 aromatic heterocycles. The van der Waals surface area contributed by atoms with E-state index in [1.165, 1.54) is 11.1 Å². The Morgan fingerprint density at radius 1 is 0.895 bits per heavy atom. The lowest BCUT2D eigenvalue weighted by molar-refractivity contribution is -0.127. The summed E-state index contributed by atoms with van der Waals surface area (Å²) in [6.45, 7) is 5.33. The molecule has 38 heavy (non-hydrogen) atoms. The fourth-order valence-electron chi connectivity index (χ4n) is 5.08. The van der Waals surface area contributed by atoms with Crippen molar-refractivity contribution >= 4 is 17.7 Å². The zero-order chi connectivity index (χ0) is 27.1. The van der Waals surface area contributed by atoms with E-state index < -0.39 is 6.09 Å². The van der Waals surface area contributed by atoms with Crippen LogP contribution in [0.15, 0.2) is 59.9 Å². The quantitative estimate of drug-likeness (QED) is 0.191. The number of aliphatic hydroxyl groups excluding tert-OH is 1. The SMILES string of the molecule is CC1(C)CC(=O)C(=C(O)CCOCCOCCNC(=O)OCC2c3ccccc3-c3ccccc32)C(=O)C1. The van der Waals surface area contributed by atoms with Gasteiger partial charge in [-0.3, -0.25) is 9.59 Å². The molecule has 0 radical (unpaired) electrons. The normalized spacial score (nSPS) is 16.2. The predicted molar refractivity (Wildman–Crippen MR) is 142 cm³/mol. The van der Waals surface area contributed by atoms with E-state index in [2.05, 4.69) is 29.6 Å². The van der Waals surface area contributed by atoms with Gasteiger partial charge in [0, 0.05) is 31.7 Å². The van der Waals surface area contributed by atoms with Gasteiger partial charge in [0.25, 0.3) is 0 Å². The Bertz CT molecular complexity index is 1150. The Morgan fingerprint density at radius 2 is 1.45 bits per heavy atom. The molecule has 0 unspecified atom stereocenters.